The average Bonchev–Trinajstić information content (AvgIpc) is 3.06. The fourth-order valence-corrected chi connectivity index (χ4v) is 3.35. The zero-order valence-corrected chi connectivity index (χ0v) is 13.4. The number of carbonyl (C=O) groups is 2. The summed E-state index contributed by atoms with van der Waals surface area (Å²) >= 11 is 1.51. The van der Waals surface area contributed by atoms with Crippen molar-refractivity contribution in [2.24, 2.45) is 0 Å². The summed E-state index contributed by atoms with van der Waals surface area (Å²) in [6.07, 6.45) is 0. The molecule has 2 aliphatic rings. The normalized spacial score (nSPS) is 14.8. The summed E-state index contributed by atoms with van der Waals surface area (Å²) in [6, 6.07) is 10.9. The van der Waals surface area contributed by atoms with Crippen LogP contribution < -0.4 is 20.1 Å². The second-order valence-electron chi connectivity index (χ2n) is 5.42. The molecule has 2 aliphatic heterocycles. The van der Waals surface area contributed by atoms with Crippen LogP contribution >= 0.6 is 11.8 Å². The molecule has 0 atom stereocenters. The quantitative estimate of drug-likeness (QED) is 0.896. The molecule has 0 fully saturated rings. The standard InChI is InChI=1S/C17H14N2O4S/c20-16-8-24-15-4-1-10(5-12(15)19-16)7-18-17(21)11-2-3-13-14(6-11)23-9-22-13/h1-6H,7-9H2,(H,18,21)(H,19,20). The monoisotopic (exact) mass is 342 g/mol. The van der Waals surface area contributed by atoms with Crippen molar-refractivity contribution in [3.63, 3.8) is 0 Å². The number of hydrogen-bond acceptors (Lipinski definition) is 5. The lowest BCUT2D eigenvalue weighted by Gasteiger charge is -2.17. The molecular formula is C17H14N2O4S. The van der Waals surface area contributed by atoms with Crippen LogP contribution in [0.3, 0.4) is 0 Å². The predicted molar refractivity (Wildman–Crippen MR) is 89.5 cm³/mol. The second kappa shape index (κ2) is 6.09. The first-order valence-electron chi connectivity index (χ1n) is 7.42. The van der Waals surface area contributed by atoms with Gasteiger partial charge in [0.25, 0.3) is 5.91 Å². The van der Waals surface area contributed by atoms with E-state index < -0.39 is 0 Å². The first kappa shape index (κ1) is 14.9. The molecule has 0 saturated heterocycles. The fourth-order valence-electron chi connectivity index (χ4n) is 2.56. The van der Waals surface area contributed by atoms with Crippen LogP contribution in [0, 0.1) is 0 Å². The van der Waals surface area contributed by atoms with Crippen molar-refractivity contribution in [3.8, 4) is 11.5 Å². The molecule has 122 valence electrons. The third kappa shape index (κ3) is 2.90. The zero-order valence-electron chi connectivity index (χ0n) is 12.6. The van der Waals surface area contributed by atoms with Gasteiger partial charge in [0.2, 0.25) is 12.7 Å². The highest BCUT2D eigenvalue weighted by atomic mass is 32.2. The van der Waals surface area contributed by atoms with E-state index in [9.17, 15) is 9.59 Å². The highest BCUT2D eigenvalue weighted by Crippen LogP contribution is 2.33. The third-order valence-electron chi connectivity index (χ3n) is 3.76. The number of amides is 2. The molecule has 0 unspecified atom stereocenters. The van der Waals surface area contributed by atoms with E-state index in [1.807, 2.05) is 18.2 Å². The minimum absolute atomic E-state index is 0.00551. The van der Waals surface area contributed by atoms with Crippen LogP contribution in [0.5, 0.6) is 11.5 Å². The van der Waals surface area contributed by atoms with Gasteiger partial charge in [0.05, 0.1) is 11.4 Å². The minimum atomic E-state index is -0.190. The topological polar surface area (TPSA) is 76.7 Å². The van der Waals surface area contributed by atoms with E-state index in [1.165, 1.54) is 11.8 Å². The van der Waals surface area contributed by atoms with E-state index in [0.717, 1.165) is 16.1 Å². The molecule has 2 N–H and O–H groups in total. The Morgan fingerprint density at radius 2 is 2.04 bits per heavy atom. The van der Waals surface area contributed by atoms with Gasteiger partial charge in [-0.1, -0.05) is 6.07 Å². The van der Waals surface area contributed by atoms with E-state index in [2.05, 4.69) is 10.6 Å². The summed E-state index contributed by atoms with van der Waals surface area (Å²) in [4.78, 5) is 24.8. The van der Waals surface area contributed by atoms with E-state index in [-0.39, 0.29) is 18.6 Å². The maximum atomic E-state index is 12.3. The summed E-state index contributed by atoms with van der Waals surface area (Å²) in [7, 11) is 0. The van der Waals surface area contributed by atoms with Gasteiger partial charge in [-0.2, -0.15) is 0 Å². The van der Waals surface area contributed by atoms with E-state index in [1.54, 1.807) is 18.2 Å². The van der Waals surface area contributed by atoms with Gasteiger partial charge in [0.1, 0.15) is 0 Å². The molecular weight excluding hydrogens is 328 g/mol. The molecule has 0 aliphatic carbocycles. The number of hydrogen-bond donors (Lipinski definition) is 2. The lowest BCUT2D eigenvalue weighted by Crippen LogP contribution is -2.23. The Labute approximate surface area is 142 Å². The third-order valence-corrected chi connectivity index (χ3v) is 4.84. The number of thioether (sulfide) groups is 1. The van der Waals surface area contributed by atoms with Crippen LogP contribution in [-0.4, -0.2) is 24.4 Å². The summed E-state index contributed by atoms with van der Waals surface area (Å²) in [5.41, 5.74) is 2.23. The number of ether oxygens (including phenoxy) is 2. The number of fused-ring (bicyclic) bond motifs is 2. The molecule has 0 aromatic heterocycles. The molecule has 0 bridgehead atoms. The van der Waals surface area contributed by atoms with Crippen molar-refractivity contribution < 1.29 is 19.1 Å². The minimum Gasteiger partial charge on any atom is -0.454 e. The Kier molecular flexibility index (Phi) is 3.78. The molecule has 0 spiro atoms. The number of anilines is 1. The van der Waals surface area contributed by atoms with E-state index >= 15 is 0 Å². The van der Waals surface area contributed by atoms with Crippen LogP contribution in [0.2, 0.25) is 0 Å². The Morgan fingerprint density at radius 1 is 1.17 bits per heavy atom. The van der Waals surface area contributed by atoms with Crippen LogP contribution in [0.4, 0.5) is 5.69 Å². The number of carbonyl (C=O) groups excluding carboxylic acids is 2. The molecule has 24 heavy (non-hydrogen) atoms. The Morgan fingerprint density at radius 3 is 2.96 bits per heavy atom. The van der Waals surface area contributed by atoms with Gasteiger partial charge in [0.15, 0.2) is 11.5 Å². The molecule has 0 radical (unpaired) electrons. The van der Waals surface area contributed by atoms with E-state index in [4.69, 9.17) is 9.47 Å². The van der Waals surface area contributed by atoms with Crippen LogP contribution in [0.1, 0.15) is 15.9 Å². The van der Waals surface area contributed by atoms with Gasteiger partial charge in [-0.05, 0) is 35.9 Å². The number of nitrogens with one attached hydrogen (secondary N) is 2. The molecule has 2 aromatic rings. The Balaban J connectivity index is 1.44. The molecule has 2 aromatic carbocycles. The van der Waals surface area contributed by atoms with Crippen molar-refractivity contribution >= 4 is 29.3 Å². The second-order valence-corrected chi connectivity index (χ2v) is 6.44. The van der Waals surface area contributed by atoms with Crippen molar-refractivity contribution in [2.45, 2.75) is 11.4 Å². The lowest BCUT2D eigenvalue weighted by molar-refractivity contribution is -0.113. The molecule has 7 heteroatoms. The molecule has 2 heterocycles. The highest BCUT2D eigenvalue weighted by molar-refractivity contribution is 8.00. The highest BCUT2D eigenvalue weighted by Gasteiger charge is 2.17. The first-order chi connectivity index (χ1) is 11.7. The lowest BCUT2D eigenvalue weighted by atomic mass is 10.1. The molecule has 6 nitrogen and oxygen atoms in total. The van der Waals surface area contributed by atoms with Gasteiger partial charge in [-0.15, -0.1) is 11.8 Å². The van der Waals surface area contributed by atoms with Gasteiger partial charge in [-0.25, -0.2) is 0 Å². The SMILES string of the molecule is O=C1CSc2ccc(CNC(=O)c3ccc4c(c3)OCO4)cc2N1. The van der Waals surface area contributed by atoms with E-state index in [0.29, 0.717) is 29.4 Å². The van der Waals surface area contributed by atoms with Crippen molar-refractivity contribution in [1.82, 2.24) is 5.32 Å². The number of rotatable bonds is 3. The van der Waals surface area contributed by atoms with Crippen LogP contribution in [-0.2, 0) is 11.3 Å². The van der Waals surface area contributed by atoms with Gasteiger partial charge >= 0.3 is 0 Å². The van der Waals surface area contributed by atoms with Gasteiger partial charge in [-0.3, -0.25) is 9.59 Å². The van der Waals surface area contributed by atoms with Crippen molar-refractivity contribution in [1.29, 1.82) is 0 Å². The summed E-state index contributed by atoms with van der Waals surface area (Å²) in [6.45, 7) is 0.556. The summed E-state index contributed by atoms with van der Waals surface area (Å²) in [5.74, 6) is 1.47. The van der Waals surface area contributed by atoms with Gasteiger partial charge in [0, 0.05) is 17.0 Å². The van der Waals surface area contributed by atoms with Crippen molar-refractivity contribution in [3.05, 3.63) is 47.5 Å². The predicted octanol–water partition coefficient (Wildman–Crippen LogP) is 2.39. The maximum Gasteiger partial charge on any atom is 0.251 e. The molecule has 4 rings (SSSR count). The smallest absolute Gasteiger partial charge is 0.251 e. The van der Waals surface area contributed by atoms with Crippen molar-refractivity contribution in [2.75, 3.05) is 17.9 Å². The Bertz CT molecular complexity index is 837. The van der Waals surface area contributed by atoms with Gasteiger partial charge < -0.3 is 20.1 Å². The average molecular weight is 342 g/mol. The van der Waals surface area contributed by atoms with Crippen LogP contribution in [0.15, 0.2) is 41.3 Å². The largest absolute Gasteiger partial charge is 0.454 e. The summed E-state index contributed by atoms with van der Waals surface area (Å²) in [5, 5.41) is 5.71. The number of benzene rings is 2. The maximum absolute atomic E-state index is 12.3. The molecule has 0 saturated carbocycles. The molecule has 2 amide bonds. The first-order valence-corrected chi connectivity index (χ1v) is 8.41. The van der Waals surface area contributed by atoms with Crippen LogP contribution in [0.25, 0.3) is 0 Å². The summed E-state index contributed by atoms with van der Waals surface area (Å²) < 4.78 is 10.5. The Hall–Kier alpha value is -2.67. The fraction of sp³-hybridized carbons (Fsp3) is 0.176. The zero-order chi connectivity index (χ0) is 16.5.